The SMILES string of the molecule is C=CCN(CC(=O)O)S(=O)(=O)N1CC(C)CC(C)C1. The zero-order valence-electron chi connectivity index (χ0n) is 11.4. The van der Waals surface area contributed by atoms with E-state index in [1.807, 2.05) is 13.8 Å². The molecule has 1 rings (SSSR count). The fraction of sp³-hybridized carbons (Fsp3) is 0.750. The summed E-state index contributed by atoms with van der Waals surface area (Å²) in [6, 6.07) is 0. The molecular formula is C12H22N2O4S. The van der Waals surface area contributed by atoms with E-state index in [2.05, 4.69) is 6.58 Å². The van der Waals surface area contributed by atoms with Gasteiger partial charge in [-0.2, -0.15) is 17.0 Å². The van der Waals surface area contributed by atoms with Crippen molar-refractivity contribution in [3.63, 3.8) is 0 Å². The maximum Gasteiger partial charge on any atom is 0.318 e. The van der Waals surface area contributed by atoms with Crippen LogP contribution in [0.5, 0.6) is 0 Å². The molecule has 110 valence electrons. The summed E-state index contributed by atoms with van der Waals surface area (Å²) in [5, 5.41) is 8.82. The molecule has 1 aliphatic heterocycles. The molecule has 1 N–H and O–H groups in total. The average Bonchev–Trinajstić information content (AvgIpc) is 2.26. The lowest BCUT2D eigenvalue weighted by Crippen LogP contribution is -2.50. The van der Waals surface area contributed by atoms with E-state index in [0.29, 0.717) is 13.1 Å². The number of rotatable bonds is 6. The summed E-state index contributed by atoms with van der Waals surface area (Å²) in [4.78, 5) is 10.8. The smallest absolute Gasteiger partial charge is 0.318 e. The van der Waals surface area contributed by atoms with E-state index in [0.717, 1.165) is 10.7 Å². The Morgan fingerprint density at radius 3 is 2.37 bits per heavy atom. The lowest BCUT2D eigenvalue weighted by molar-refractivity contribution is -0.137. The van der Waals surface area contributed by atoms with Crippen LogP contribution in [0.25, 0.3) is 0 Å². The van der Waals surface area contributed by atoms with Crippen LogP contribution in [0.3, 0.4) is 0 Å². The minimum Gasteiger partial charge on any atom is -0.480 e. The van der Waals surface area contributed by atoms with Crippen molar-refractivity contribution in [1.29, 1.82) is 0 Å². The van der Waals surface area contributed by atoms with E-state index in [1.165, 1.54) is 10.4 Å². The monoisotopic (exact) mass is 290 g/mol. The molecule has 0 spiro atoms. The van der Waals surface area contributed by atoms with Gasteiger partial charge in [-0.1, -0.05) is 19.9 Å². The van der Waals surface area contributed by atoms with Gasteiger partial charge in [0.25, 0.3) is 10.2 Å². The van der Waals surface area contributed by atoms with E-state index >= 15 is 0 Å². The number of carboxylic acids is 1. The van der Waals surface area contributed by atoms with Crippen molar-refractivity contribution in [3.05, 3.63) is 12.7 Å². The largest absolute Gasteiger partial charge is 0.480 e. The Kier molecular flexibility index (Phi) is 5.51. The second kappa shape index (κ2) is 6.49. The first kappa shape index (κ1) is 16.1. The van der Waals surface area contributed by atoms with Gasteiger partial charge in [0.1, 0.15) is 6.54 Å². The van der Waals surface area contributed by atoms with E-state index in [9.17, 15) is 13.2 Å². The van der Waals surface area contributed by atoms with E-state index in [1.54, 1.807) is 0 Å². The quantitative estimate of drug-likeness (QED) is 0.733. The summed E-state index contributed by atoms with van der Waals surface area (Å²) in [6.07, 6.45) is 2.39. The number of aliphatic carboxylic acids is 1. The topological polar surface area (TPSA) is 77.9 Å². The van der Waals surface area contributed by atoms with Gasteiger partial charge in [0.2, 0.25) is 0 Å². The molecule has 2 atom stereocenters. The summed E-state index contributed by atoms with van der Waals surface area (Å²) in [7, 11) is -3.73. The molecule has 1 heterocycles. The molecule has 2 unspecified atom stereocenters. The molecular weight excluding hydrogens is 268 g/mol. The minimum atomic E-state index is -3.73. The first-order chi connectivity index (χ1) is 8.77. The molecule has 0 amide bonds. The van der Waals surface area contributed by atoms with Crippen LogP contribution in [0.2, 0.25) is 0 Å². The van der Waals surface area contributed by atoms with Crippen molar-refractivity contribution in [1.82, 2.24) is 8.61 Å². The summed E-state index contributed by atoms with van der Waals surface area (Å²) < 4.78 is 27.2. The molecule has 0 aromatic heterocycles. The second-order valence-electron chi connectivity index (χ2n) is 5.25. The predicted octanol–water partition coefficient (Wildman–Crippen LogP) is 0.782. The van der Waals surface area contributed by atoms with Crippen LogP contribution >= 0.6 is 0 Å². The third kappa shape index (κ3) is 4.29. The Morgan fingerprint density at radius 2 is 1.95 bits per heavy atom. The highest BCUT2D eigenvalue weighted by Crippen LogP contribution is 2.24. The number of carbonyl (C=O) groups is 1. The fourth-order valence-corrected chi connectivity index (χ4v) is 4.27. The maximum atomic E-state index is 12.4. The lowest BCUT2D eigenvalue weighted by atomic mass is 9.94. The van der Waals surface area contributed by atoms with Gasteiger partial charge in [0.05, 0.1) is 0 Å². The van der Waals surface area contributed by atoms with Gasteiger partial charge in [0, 0.05) is 19.6 Å². The number of hydrogen-bond donors (Lipinski definition) is 1. The Hall–Kier alpha value is -0.920. The van der Waals surface area contributed by atoms with Crippen molar-refractivity contribution < 1.29 is 18.3 Å². The lowest BCUT2D eigenvalue weighted by Gasteiger charge is -2.36. The van der Waals surface area contributed by atoms with Crippen molar-refractivity contribution >= 4 is 16.2 Å². The molecule has 1 saturated heterocycles. The average molecular weight is 290 g/mol. The molecule has 0 saturated carbocycles. The van der Waals surface area contributed by atoms with Gasteiger partial charge in [0.15, 0.2) is 0 Å². The van der Waals surface area contributed by atoms with Gasteiger partial charge in [-0.3, -0.25) is 4.79 Å². The van der Waals surface area contributed by atoms with Gasteiger partial charge in [-0.05, 0) is 18.3 Å². The number of piperidine rings is 1. The van der Waals surface area contributed by atoms with Crippen molar-refractivity contribution in [2.45, 2.75) is 20.3 Å². The zero-order chi connectivity index (χ0) is 14.6. The fourth-order valence-electron chi connectivity index (χ4n) is 2.49. The van der Waals surface area contributed by atoms with E-state index in [4.69, 9.17) is 5.11 Å². The number of hydrogen-bond acceptors (Lipinski definition) is 3. The molecule has 6 nitrogen and oxygen atoms in total. The van der Waals surface area contributed by atoms with Crippen LogP contribution in [0.4, 0.5) is 0 Å². The van der Waals surface area contributed by atoms with Crippen LogP contribution in [-0.4, -0.2) is 54.3 Å². The molecule has 19 heavy (non-hydrogen) atoms. The maximum absolute atomic E-state index is 12.4. The van der Waals surface area contributed by atoms with Gasteiger partial charge < -0.3 is 5.11 Å². The molecule has 7 heteroatoms. The first-order valence-corrected chi connectivity index (χ1v) is 7.75. The van der Waals surface area contributed by atoms with Crippen LogP contribution in [0.15, 0.2) is 12.7 Å². The molecule has 0 aliphatic carbocycles. The second-order valence-corrected chi connectivity index (χ2v) is 7.17. The van der Waals surface area contributed by atoms with Crippen molar-refractivity contribution in [3.8, 4) is 0 Å². The summed E-state index contributed by atoms with van der Waals surface area (Å²) in [5.41, 5.74) is 0. The first-order valence-electron chi connectivity index (χ1n) is 6.35. The van der Waals surface area contributed by atoms with Gasteiger partial charge in [-0.25, -0.2) is 0 Å². The Labute approximate surface area is 114 Å². The predicted molar refractivity (Wildman–Crippen MR) is 72.8 cm³/mol. The third-order valence-electron chi connectivity index (χ3n) is 3.13. The highest BCUT2D eigenvalue weighted by molar-refractivity contribution is 7.86. The standard InChI is InChI=1S/C12H22N2O4S/c1-4-5-13(9-12(15)16)19(17,18)14-7-10(2)6-11(3)8-14/h4,10-11H,1,5-9H2,2-3H3,(H,15,16). The van der Waals surface area contributed by atoms with Crippen LogP contribution < -0.4 is 0 Å². The normalized spacial score (nSPS) is 25.4. The molecule has 1 fully saturated rings. The minimum absolute atomic E-state index is 0.00783. The summed E-state index contributed by atoms with van der Waals surface area (Å²) >= 11 is 0. The number of nitrogens with zero attached hydrogens (tertiary/aromatic N) is 2. The van der Waals surface area contributed by atoms with Crippen molar-refractivity contribution in [2.24, 2.45) is 11.8 Å². The number of carboxylic acid groups (broad SMARTS) is 1. The Balaban J connectivity index is 2.91. The molecule has 0 aromatic rings. The molecule has 0 radical (unpaired) electrons. The van der Waals surface area contributed by atoms with Gasteiger partial charge >= 0.3 is 5.97 Å². The highest BCUT2D eigenvalue weighted by atomic mass is 32.2. The summed E-state index contributed by atoms with van der Waals surface area (Å²) in [5.74, 6) is -0.591. The highest BCUT2D eigenvalue weighted by Gasteiger charge is 2.35. The van der Waals surface area contributed by atoms with Crippen LogP contribution in [0, 0.1) is 11.8 Å². The third-order valence-corrected chi connectivity index (χ3v) is 5.01. The van der Waals surface area contributed by atoms with Crippen LogP contribution in [0.1, 0.15) is 20.3 Å². The van der Waals surface area contributed by atoms with E-state index < -0.39 is 22.7 Å². The summed E-state index contributed by atoms with van der Waals surface area (Å²) in [6.45, 7) is 7.86. The zero-order valence-corrected chi connectivity index (χ0v) is 12.3. The van der Waals surface area contributed by atoms with E-state index in [-0.39, 0.29) is 18.4 Å². The Morgan fingerprint density at radius 1 is 1.42 bits per heavy atom. The Bertz CT molecular complexity index is 425. The molecule has 1 aliphatic rings. The van der Waals surface area contributed by atoms with Gasteiger partial charge in [-0.15, -0.1) is 6.58 Å². The molecule has 0 aromatic carbocycles. The molecule has 0 bridgehead atoms. The van der Waals surface area contributed by atoms with Crippen molar-refractivity contribution in [2.75, 3.05) is 26.2 Å². The van der Waals surface area contributed by atoms with Crippen LogP contribution in [-0.2, 0) is 15.0 Å².